The number of halogens is 1. The molecule has 0 aliphatic carbocycles. The van der Waals surface area contributed by atoms with Gasteiger partial charge in [0.1, 0.15) is 5.56 Å². The predicted octanol–water partition coefficient (Wildman–Crippen LogP) is 1.48. The minimum atomic E-state index is -0.206. The molecule has 0 saturated carbocycles. The Morgan fingerprint density at radius 2 is 2.50 bits per heavy atom. The van der Waals surface area contributed by atoms with Crippen LogP contribution in [0.1, 0.15) is 6.92 Å². The molecule has 0 aromatic heterocycles. The fourth-order valence-electron chi connectivity index (χ4n) is 0.103. The zero-order chi connectivity index (χ0) is 4.99. The highest BCUT2D eigenvalue weighted by molar-refractivity contribution is 7.80. The van der Waals surface area contributed by atoms with Crippen LogP contribution in [0.3, 0.4) is 0 Å². The van der Waals surface area contributed by atoms with E-state index >= 15 is 0 Å². The van der Waals surface area contributed by atoms with E-state index in [0.29, 0.717) is 5.94 Å². The van der Waals surface area contributed by atoms with Gasteiger partial charge in [0.05, 0.1) is 5.94 Å². The summed E-state index contributed by atoms with van der Waals surface area (Å²) < 4.78 is 4.67. The van der Waals surface area contributed by atoms with Crippen molar-refractivity contribution in [3.63, 3.8) is 0 Å². The van der Waals surface area contributed by atoms with Gasteiger partial charge in [0.2, 0.25) is 0 Å². The van der Waals surface area contributed by atoms with Gasteiger partial charge in [-0.2, -0.15) is 12.6 Å². The van der Waals surface area contributed by atoms with Gasteiger partial charge < -0.3 is 4.74 Å². The van der Waals surface area contributed by atoms with Gasteiger partial charge in [0.25, 0.3) is 0 Å². The van der Waals surface area contributed by atoms with Crippen molar-refractivity contribution in [1.29, 1.82) is 0 Å². The first-order valence-electron chi connectivity index (χ1n) is 1.64. The summed E-state index contributed by atoms with van der Waals surface area (Å²) in [7, 11) is 0. The van der Waals surface area contributed by atoms with Crippen molar-refractivity contribution >= 4 is 24.2 Å². The fraction of sp³-hybridized carbons (Fsp3) is 1.00. The first kappa shape index (κ1) is 6.60. The maximum atomic E-state index is 5.31. The number of ether oxygens (including phenoxy) is 1. The van der Waals surface area contributed by atoms with Crippen LogP contribution in [0.4, 0.5) is 0 Å². The normalized spacial score (nSPS) is 14.5. The van der Waals surface area contributed by atoms with Crippen LogP contribution < -0.4 is 0 Å². The van der Waals surface area contributed by atoms with Crippen molar-refractivity contribution in [2.75, 3.05) is 5.94 Å². The Morgan fingerprint density at radius 1 is 2.00 bits per heavy atom. The largest absolute Gasteiger partial charge is 0.352 e. The topological polar surface area (TPSA) is 9.23 Å². The standard InChI is InChI=1S/C3H7ClOS/c1-3(4)5-2-6/h3,6H,2H2,1H3. The SMILES string of the molecule is CC(Cl)OCS. The summed E-state index contributed by atoms with van der Waals surface area (Å²) in [5, 5.41) is 0. The lowest BCUT2D eigenvalue weighted by molar-refractivity contribution is 0.168. The Morgan fingerprint density at radius 3 is 2.50 bits per heavy atom. The zero-order valence-corrected chi connectivity index (χ0v) is 5.17. The highest BCUT2D eigenvalue weighted by Crippen LogP contribution is 1.94. The summed E-state index contributed by atoms with van der Waals surface area (Å²) in [6, 6.07) is 0. The van der Waals surface area contributed by atoms with Crippen LogP contribution in [0.2, 0.25) is 0 Å². The monoisotopic (exact) mass is 126 g/mol. The summed E-state index contributed by atoms with van der Waals surface area (Å²) in [4.78, 5) is 0. The van der Waals surface area contributed by atoms with E-state index < -0.39 is 0 Å². The van der Waals surface area contributed by atoms with Gasteiger partial charge in [-0.05, 0) is 6.92 Å². The third-order valence-electron chi connectivity index (χ3n) is 0.304. The minimum Gasteiger partial charge on any atom is -0.352 e. The quantitative estimate of drug-likeness (QED) is 0.335. The Balaban J connectivity index is 2.63. The van der Waals surface area contributed by atoms with E-state index in [0.717, 1.165) is 0 Å². The third-order valence-corrected chi connectivity index (χ3v) is 0.579. The second-order valence-electron chi connectivity index (χ2n) is 0.839. The van der Waals surface area contributed by atoms with Crippen molar-refractivity contribution in [3.05, 3.63) is 0 Å². The van der Waals surface area contributed by atoms with Crippen molar-refractivity contribution in [1.82, 2.24) is 0 Å². The molecule has 0 radical (unpaired) electrons. The molecule has 0 aliphatic heterocycles. The van der Waals surface area contributed by atoms with Crippen LogP contribution in [0.15, 0.2) is 0 Å². The number of alkyl halides is 1. The first-order valence-corrected chi connectivity index (χ1v) is 2.71. The van der Waals surface area contributed by atoms with Gasteiger partial charge in [0, 0.05) is 0 Å². The molecule has 1 unspecified atom stereocenters. The molecule has 0 bridgehead atoms. The number of hydrogen-bond donors (Lipinski definition) is 1. The Kier molecular flexibility index (Phi) is 4.16. The molecule has 0 fully saturated rings. The van der Waals surface area contributed by atoms with Crippen molar-refractivity contribution in [2.24, 2.45) is 0 Å². The minimum absolute atomic E-state index is 0.206. The molecule has 0 amide bonds. The van der Waals surface area contributed by atoms with E-state index in [1.807, 2.05) is 0 Å². The molecular weight excluding hydrogens is 120 g/mol. The molecule has 0 aromatic rings. The van der Waals surface area contributed by atoms with Gasteiger partial charge in [-0.3, -0.25) is 0 Å². The van der Waals surface area contributed by atoms with Crippen molar-refractivity contribution < 1.29 is 4.74 Å². The van der Waals surface area contributed by atoms with E-state index in [9.17, 15) is 0 Å². The smallest absolute Gasteiger partial charge is 0.129 e. The second kappa shape index (κ2) is 3.78. The summed E-state index contributed by atoms with van der Waals surface area (Å²) in [5.41, 5.74) is -0.206. The molecule has 1 atom stereocenters. The van der Waals surface area contributed by atoms with Gasteiger partial charge in [-0.15, -0.1) is 0 Å². The number of hydrogen-bond acceptors (Lipinski definition) is 2. The van der Waals surface area contributed by atoms with Crippen LogP contribution in [-0.4, -0.2) is 11.5 Å². The molecule has 0 N–H and O–H groups in total. The summed E-state index contributed by atoms with van der Waals surface area (Å²) >= 11 is 9.06. The van der Waals surface area contributed by atoms with E-state index in [-0.39, 0.29) is 5.56 Å². The third kappa shape index (κ3) is 4.60. The Hall–Kier alpha value is 0.600. The fourth-order valence-corrected chi connectivity index (χ4v) is 0.477. The summed E-state index contributed by atoms with van der Waals surface area (Å²) in [5.74, 6) is 0.394. The maximum Gasteiger partial charge on any atom is 0.129 e. The van der Waals surface area contributed by atoms with Crippen LogP contribution in [-0.2, 0) is 4.74 Å². The van der Waals surface area contributed by atoms with Gasteiger partial charge in [-0.1, -0.05) is 11.6 Å². The Labute approximate surface area is 48.0 Å². The van der Waals surface area contributed by atoms with Crippen molar-refractivity contribution in [2.45, 2.75) is 12.5 Å². The second-order valence-corrected chi connectivity index (χ2v) is 1.71. The van der Waals surface area contributed by atoms with Crippen LogP contribution in [0.5, 0.6) is 0 Å². The molecule has 38 valence electrons. The predicted molar refractivity (Wildman–Crippen MR) is 30.3 cm³/mol. The molecular formula is C3H7ClOS. The molecule has 0 aromatic carbocycles. The van der Waals surface area contributed by atoms with Crippen LogP contribution in [0.25, 0.3) is 0 Å². The average molecular weight is 127 g/mol. The van der Waals surface area contributed by atoms with Gasteiger partial charge in [0.15, 0.2) is 0 Å². The van der Waals surface area contributed by atoms with Crippen LogP contribution in [0, 0.1) is 0 Å². The molecule has 0 rings (SSSR count). The van der Waals surface area contributed by atoms with E-state index in [1.54, 1.807) is 6.92 Å². The lowest BCUT2D eigenvalue weighted by atomic mass is 10.9. The molecule has 3 heteroatoms. The Bertz CT molecular complexity index is 32.0. The molecule has 0 spiro atoms. The molecule has 0 aliphatic rings. The average Bonchev–Trinajstić information content (AvgIpc) is 1.35. The molecule has 0 saturated heterocycles. The molecule has 6 heavy (non-hydrogen) atoms. The molecule has 0 heterocycles. The van der Waals surface area contributed by atoms with E-state index in [1.165, 1.54) is 0 Å². The van der Waals surface area contributed by atoms with Gasteiger partial charge >= 0.3 is 0 Å². The van der Waals surface area contributed by atoms with E-state index in [2.05, 4.69) is 17.4 Å². The van der Waals surface area contributed by atoms with E-state index in [4.69, 9.17) is 11.6 Å². The van der Waals surface area contributed by atoms with Gasteiger partial charge in [-0.25, -0.2) is 0 Å². The zero-order valence-electron chi connectivity index (χ0n) is 3.52. The maximum absolute atomic E-state index is 5.31. The van der Waals surface area contributed by atoms with Crippen molar-refractivity contribution in [3.8, 4) is 0 Å². The highest BCUT2D eigenvalue weighted by atomic mass is 35.5. The number of rotatable bonds is 2. The van der Waals surface area contributed by atoms with Crippen LogP contribution >= 0.6 is 24.2 Å². The molecule has 1 nitrogen and oxygen atoms in total. The highest BCUT2D eigenvalue weighted by Gasteiger charge is 1.87. The lowest BCUT2D eigenvalue weighted by Gasteiger charge is -1.97. The summed E-state index contributed by atoms with van der Waals surface area (Å²) in [6.45, 7) is 1.75. The summed E-state index contributed by atoms with van der Waals surface area (Å²) in [6.07, 6.45) is 0. The number of thiol groups is 1. The first-order chi connectivity index (χ1) is 2.77. The lowest BCUT2D eigenvalue weighted by Crippen LogP contribution is -1.94.